The summed E-state index contributed by atoms with van der Waals surface area (Å²) in [6.07, 6.45) is 2.60. The van der Waals surface area contributed by atoms with Crippen molar-refractivity contribution in [2.24, 2.45) is 5.92 Å². The van der Waals surface area contributed by atoms with Gasteiger partial charge in [0.25, 0.3) is 0 Å². The van der Waals surface area contributed by atoms with Gasteiger partial charge in [-0.05, 0) is 12.8 Å². The molecule has 0 aliphatic carbocycles. The van der Waals surface area contributed by atoms with Crippen LogP contribution in [0.1, 0.15) is 31.1 Å². The van der Waals surface area contributed by atoms with Gasteiger partial charge in [0.2, 0.25) is 10.0 Å². The molecule has 1 atom stereocenters. The predicted octanol–water partition coefficient (Wildman–Crippen LogP) is 0.545. The Balaban J connectivity index is 2.59. The van der Waals surface area contributed by atoms with Crippen LogP contribution in [0.3, 0.4) is 0 Å². The molecular weight excluding hydrogens is 270 g/mol. The van der Waals surface area contributed by atoms with Crippen LogP contribution in [0.25, 0.3) is 0 Å². The number of carbonyl (C=O) groups is 1. The summed E-state index contributed by atoms with van der Waals surface area (Å²) >= 11 is 0. The van der Waals surface area contributed by atoms with Crippen LogP contribution in [0.5, 0.6) is 0 Å². The van der Waals surface area contributed by atoms with Crippen LogP contribution in [-0.4, -0.2) is 41.1 Å². The van der Waals surface area contributed by atoms with Gasteiger partial charge in [-0.3, -0.25) is 4.68 Å². The Morgan fingerprint density at radius 3 is 2.58 bits per heavy atom. The summed E-state index contributed by atoms with van der Waals surface area (Å²) < 4.78 is 27.4. The van der Waals surface area contributed by atoms with Gasteiger partial charge in [-0.1, -0.05) is 13.8 Å². The van der Waals surface area contributed by atoms with Gasteiger partial charge < -0.3 is 5.11 Å². The van der Waals surface area contributed by atoms with Crippen molar-refractivity contribution in [1.82, 2.24) is 14.5 Å². The van der Waals surface area contributed by atoms with E-state index in [-0.39, 0.29) is 29.8 Å². The maximum Gasteiger partial charge on any atom is 0.338 e. The minimum Gasteiger partial charge on any atom is -0.478 e. The molecule has 0 radical (unpaired) electrons. The minimum atomic E-state index is -3.32. The summed E-state index contributed by atoms with van der Waals surface area (Å²) in [5.41, 5.74) is 0.0808. The lowest BCUT2D eigenvalue weighted by atomic mass is 10.3. The Bertz CT molecular complexity index is 536. The molecule has 1 heterocycles. The fraction of sp³-hybridized carbons (Fsp3) is 0.636. The SMILES string of the molecule is CC(C)CS(=O)(=O)NC(C)Cn1cc(C(=O)O)cn1. The number of aromatic carboxylic acids is 1. The first-order valence-electron chi connectivity index (χ1n) is 5.95. The molecular formula is C11H19N3O4S. The molecule has 0 saturated carbocycles. The fourth-order valence-electron chi connectivity index (χ4n) is 1.69. The van der Waals surface area contributed by atoms with E-state index in [1.165, 1.54) is 17.1 Å². The average Bonchev–Trinajstić information content (AvgIpc) is 2.62. The normalized spacial score (nSPS) is 13.7. The van der Waals surface area contributed by atoms with E-state index in [0.29, 0.717) is 0 Å². The Hall–Kier alpha value is -1.41. The molecule has 0 amide bonds. The topological polar surface area (TPSA) is 101 Å². The van der Waals surface area contributed by atoms with Crippen LogP contribution in [0.2, 0.25) is 0 Å². The van der Waals surface area contributed by atoms with Gasteiger partial charge >= 0.3 is 5.97 Å². The molecule has 0 spiro atoms. The molecule has 1 unspecified atom stereocenters. The number of carboxylic acid groups (broad SMARTS) is 1. The lowest BCUT2D eigenvalue weighted by Crippen LogP contribution is -2.38. The summed E-state index contributed by atoms with van der Waals surface area (Å²) in [5, 5.41) is 12.6. The van der Waals surface area contributed by atoms with Crippen molar-refractivity contribution in [2.45, 2.75) is 33.4 Å². The van der Waals surface area contributed by atoms with Crippen LogP contribution in [-0.2, 0) is 16.6 Å². The minimum absolute atomic E-state index is 0.0491. The molecule has 7 nitrogen and oxygen atoms in total. The van der Waals surface area contributed by atoms with Crippen LogP contribution in [0, 0.1) is 5.92 Å². The second-order valence-corrected chi connectivity index (χ2v) is 6.75. The monoisotopic (exact) mass is 289 g/mol. The molecule has 8 heteroatoms. The van der Waals surface area contributed by atoms with Gasteiger partial charge in [0.05, 0.1) is 24.1 Å². The molecule has 0 bridgehead atoms. The zero-order valence-electron chi connectivity index (χ0n) is 11.2. The third kappa shape index (κ3) is 5.39. The third-order valence-electron chi connectivity index (χ3n) is 2.27. The smallest absolute Gasteiger partial charge is 0.338 e. The molecule has 1 aromatic heterocycles. The highest BCUT2D eigenvalue weighted by molar-refractivity contribution is 7.89. The summed E-state index contributed by atoms with van der Waals surface area (Å²) in [5.74, 6) is -0.941. The van der Waals surface area contributed by atoms with Crippen LogP contribution >= 0.6 is 0 Å². The number of rotatable bonds is 7. The van der Waals surface area contributed by atoms with E-state index in [1.54, 1.807) is 6.92 Å². The molecule has 1 aromatic rings. The maximum atomic E-state index is 11.7. The van der Waals surface area contributed by atoms with Crippen LogP contribution in [0.4, 0.5) is 0 Å². The second-order valence-electron chi connectivity index (χ2n) is 4.95. The molecule has 0 aromatic carbocycles. The number of nitrogens with zero attached hydrogens (tertiary/aromatic N) is 2. The standard InChI is InChI=1S/C11H19N3O4S/c1-8(2)7-19(17,18)13-9(3)5-14-6-10(4-12-14)11(15)16/h4,6,8-9,13H,5,7H2,1-3H3,(H,15,16). The fourth-order valence-corrected chi connectivity index (χ4v) is 3.35. The average molecular weight is 289 g/mol. The van der Waals surface area contributed by atoms with Gasteiger partial charge in [-0.2, -0.15) is 5.10 Å². The van der Waals surface area contributed by atoms with E-state index in [1.807, 2.05) is 13.8 Å². The number of carboxylic acids is 1. The van der Waals surface area contributed by atoms with Crippen molar-refractivity contribution in [3.05, 3.63) is 18.0 Å². The van der Waals surface area contributed by atoms with E-state index >= 15 is 0 Å². The highest BCUT2D eigenvalue weighted by atomic mass is 32.2. The highest BCUT2D eigenvalue weighted by Gasteiger charge is 2.17. The number of sulfonamides is 1. The maximum absolute atomic E-state index is 11.7. The largest absolute Gasteiger partial charge is 0.478 e. The highest BCUT2D eigenvalue weighted by Crippen LogP contribution is 2.02. The number of nitrogens with one attached hydrogen (secondary N) is 1. The first-order chi connectivity index (χ1) is 8.69. The van der Waals surface area contributed by atoms with Crippen molar-refractivity contribution in [3.8, 4) is 0 Å². The molecule has 108 valence electrons. The third-order valence-corrected chi connectivity index (χ3v) is 4.14. The lowest BCUT2D eigenvalue weighted by molar-refractivity contribution is 0.0696. The number of aromatic nitrogens is 2. The zero-order chi connectivity index (χ0) is 14.6. The molecule has 0 saturated heterocycles. The summed E-state index contributed by atoms with van der Waals surface area (Å²) in [6, 6.07) is -0.356. The lowest BCUT2D eigenvalue weighted by Gasteiger charge is -2.15. The Morgan fingerprint density at radius 1 is 1.47 bits per heavy atom. The van der Waals surface area contributed by atoms with Crippen molar-refractivity contribution in [3.63, 3.8) is 0 Å². The van der Waals surface area contributed by atoms with Crippen LogP contribution < -0.4 is 4.72 Å². The first kappa shape index (κ1) is 15.6. The quantitative estimate of drug-likeness (QED) is 0.763. The Kier molecular flexibility index (Phi) is 5.07. The van der Waals surface area contributed by atoms with Gasteiger partial charge in [0.15, 0.2) is 0 Å². The summed E-state index contributed by atoms with van der Waals surface area (Å²) in [4.78, 5) is 10.7. The second kappa shape index (κ2) is 6.16. The van der Waals surface area contributed by atoms with E-state index < -0.39 is 16.0 Å². The van der Waals surface area contributed by atoms with Crippen molar-refractivity contribution < 1.29 is 18.3 Å². The van der Waals surface area contributed by atoms with Gasteiger partial charge in [0.1, 0.15) is 0 Å². The summed E-state index contributed by atoms with van der Waals surface area (Å²) in [6.45, 7) is 5.65. The van der Waals surface area contributed by atoms with Gasteiger partial charge in [0, 0.05) is 12.2 Å². The zero-order valence-corrected chi connectivity index (χ0v) is 12.0. The van der Waals surface area contributed by atoms with Crippen LogP contribution in [0.15, 0.2) is 12.4 Å². The Labute approximate surface area is 112 Å². The van der Waals surface area contributed by atoms with E-state index in [0.717, 1.165) is 0 Å². The van der Waals surface area contributed by atoms with Crippen molar-refractivity contribution in [1.29, 1.82) is 0 Å². The molecule has 0 fully saturated rings. The van der Waals surface area contributed by atoms with Crippen molar-refractivity contribution in [2.75, 3.05) is 5.75 Å². The summed E-state index contributed by atoms with van der Waals surface area (Å²) in [7, 11) is -3.32. The molecule has 2 N–H and O–H groups in total. The number of hydrogen-bond acceptors (Lipinski definition) is 4. The first-order valence-corrected chi connectivity index (χ1v) is 7.60. The predicted molar refractivity (Wildman–Crippen MR) is 70.4 cm³/mol. The van der Waals surface area contributed by atoms with E-state index in [2.05, 4.69) is 9.82 Å². The molecule has 1 rings (SSSR count). The van der Waals surface area contributed by atoms with Crippen molar-refractivity contribution >= 4 is 16.0 Å². The number of hydrogen-bond donors (Lipinski definition) is 2. The van der Waals surface area contributed by atoms with E-state index in [9.17, 15) is 13.2 Å². The van der Waals surface area contributed by atoms with Gasteiger partial charge in [-0.25, -0.2) is 17.9 Å². The van der Waals surface area contributed by atoms with Gasteiger partial charge in [-0.15, -0.1) is 0 Å². The molecule has 0 aliphatic rings. The van der Waals surface area contributed by atoms with E-state index in [4.69, 9.17) is 5.11 Å². The Morgan fingerprint density at radius 2 is 2.11 bits per heavy atom. The molecule has 19 heavy (non-hydrogen) atoms. The molecule has 0 aliphatic heterocycles.